The molecule has 0 aliphatic carbocycles. The summed E-state index contributed by atoms with van der Waals surface area (Å²) < 4.78 is 23.5. The lowest BCUT2D eigenvalue weighted by Gasteiger charge is -2.20. The maximum Gasteiger partial charge on any atom is 0.283 e. The molecule has 9 nitrogen and oxygen atoms in total. The Balaban J connectivity index is 1.51. The van der Waals surface area contributed by atoms with E-state index < -0.39 is 5.91 Å². The second kappa shape index (κ2) is 11.6. The van der Waals surface area contributed by atoms with Gasteiger partial charge in [0.2, 0.25) is 5.17 Å². The molecule has 2 aromatic rings. The van der Waals surface area contributed by atoms with Crippen molar-refractivity contribution in [2.45, 2.75) is 20.3 Å². The van der Waals surface area contributed by atoms with Crippen molar-refractivity contribution < 1.29 is 23.7 Å². The lowest BCUT2D eigenvalue weighted by molar-refractivity contribution is -0.114. The van der Waals surface area contributed by atoms with Gasteiger partial charge in [-0.2, -0.15) is 15.1 Å². The van der Waals surface area contributed by atoms with Crippen LogP contribution in [0.15, 0.2) is 56.5 Å². The normalized spacial score (nSPS) is 16.0. The van der Waals surface area contributed by atoms with Crippen LogP contribution in [0.2, 0.25) is 0 Å². The highest BCUT2D eigenvalue weighted by molar-refractivity contribution is 9.10. The number of nitrogens with one attached hydrogen (secondary N) is 1. The average molecular weight is 573 g/mol. The van der Waals surface area contributed by atoms with Gasteiger partial charge in [-0.15, -0.1) is 0 Å². The first-order valence-corrected chi connectivity index (χ1v) is 12.9. The third kappa shape index (κ3) is 5.57. The minimum atomic E-state index is -0.478. The number of fused-ring (bicyclic) bond motifs is 1. The summed E-state index contributed by atoms with van der Waals surface area (Å²) in [7, 11) is 1.59. The van der Waals surface area contributed by atoms with Gasteiger partial charge in [0, 0.05) is 0 Å². The van der Waals surface area contributed by atoms with Crippen LogP contribution in [-0.2, 0) is 4.79 Å². The zero-order chi connectivity index (χ0) is 25.7. The Morgan fingerprint density at radius 1 is 1.08 bits per heavy atom. The Morgan fingerprint density at radius 2 is 1.83 bits per heavy atom. The van der Waals surface area contributed by atoms with Crippen molar-refractivity contribution >= 4 is 55.7 Å². The number of hydrazone groups is 1. The summed E-state index contributed by atoms with van der Waals surface area (Å²) in [6, 6.07) is 11.0. The largest absolute Gasteiger partial charge is 0.493 e. The Morgan fingerprint density at radius 3 is 2.56 bits per heavy atom. The van der Waals surface area contributed by atoms with Gasteiger partial charge < -0.3 is 18.9 Å². The maximum atomic E-state index is 12.7. The second-order valence-electron chi connectivity index (χ2n) is 7.48. The van der Waals surface area contributed by atoms with Crippen molar-refractivity contribution in [3.05, 3.63) is 52.0 Å². The Bertz CT molecular complexity index is 1280. The van der Waals surface area contributed by atoms with E-state index in [1.807, 2.05) is 38.1 Å². The number of thioether (sulfide) groups is 1. The Kier molecular flexibility index (Phi) is 8.32. The minimum absolute atomic E-state index is 0.0103. The number of carbonyl (C=O) groups is 1. The van der Waals surface area contributed by atoms with Crippen LogP contribution in [0.25, 0.3) is 6.08 Å². The van der Waals surface area contributed by atoms with E-state index in [4.69, 9.17) is 24.4 Å². The number of hydrogen-bond acceptors (Lipinski definition) is 8. The summed E-state index contributed by atoms with van der Waals surface area (Å²) in [5.41, 5.74) is 0.801. The van der Waals surface area contributed by atoms with Gasteiger partial charge in [0.05, 0.1) is 23.8 Å². The molecule has 0 saturated heterocycles. The zero-order valence-corrected chi connectivity index (χ0v) is 22.4. The van der Waals surface area contributed by atoms with E-state index in [0.29, 0.717) is 57.8 Å². The number of para-hydroxylation sites is 2. The highest BCUT2D eigenvalue weighted by atomic mass is 79.9. The molecular weight excluding hydrogens is 548 g/mol. The second-order valence-corrected chi connectivity index (χ2v) is 9.37. The van der Waals surface area contributed by atoms with Crippen molar-refractivity contribution in [3.8, 4) is 23.0 Å². The number of amidine groups is 2. The summed E-state index contributed by atoms with van der Waals surface area (Å²) in [4.78, 5) is 16.8. The summed E-state index contributed by atoms with van der Waals surface area (Å²) in [6.07, 6.45) is 2.31. The van der Waals surface area contributed by atoms with Crippen LogP contribution >= 0.6 is 27.7 Å². The first-order chi connectivity index (χ1) is 17.4. The fourth-order valence-corrected chi connectivity index (χ4v) is 4.85. The van der Waals surface area contributed by atoms with E-state index in [1.54, 1.807) is 25.3 Å². The molecule has 2 heterocycles. The molecule has 0 radical (unpaired) electrons. The number of hydrogen-bond donors (Lipinski definition) is 1. The topological polar surface area (TPSA) is 106 Å². The number of halogens is 1. The van der Waals surface area contributed by atoms with Crippen molar-refractivity contribution in [1.29, 1.82) is 5.41 Å². The third-order valence-corrected chi connectivity index (χ3v) is 6.74. The Hall–Kier alpha value is -3.31. The number of benzene rings is 2. The van der Waals surface area contributed by atoms with Crippen LogP contribution in [0.3, 0.4) is 0 Å². The number of carbonyl (C=O) groups excluding carboxylic acids is 1. The molecule has 11 heteroatoms. The van der Waals surface area contributed by atoms with Gasteiger partial charge in [0.25, 0.3) is 5.91 Å². The lowest BCUT2D eigenvalue weighted by Crippen LogP contribution is -2.35. The fourth-order valence-electron chi connectivity index (χ4n) is 3.45. The molecule has 4 rings (SSSR count). The zero-order valence-electron chi connectivity index (χ0n) is 20.0. The molecular formula is C25H25BrN4O5S. The minimum Gasteiger partial charge on any atom is -0.493 e. The molecule has 1 N–H and O–H groups in total. The van der Waals surface area contributed by atoms with Gasteiger partial charge in [-0.1, -0.05) is 19.1 Å². The first kappa shape index (κ1) is 25.8. The number of ether oxygens (including phenoxy) is 4. The molecule has 2 aliphatic heterocycles. The highest BCUT2D eigenvalue weighted by Crippen LogP contribution is 2.38. The van der Waals surface area contributed by atoms with Gasteiger partial charge in [0.1, 0.15) is 18.3 Å². The lowest BCUT2D eigenvalue weighted by atomic mass is 10.1. The van der Waals surface area contributed by atoms with Crippen molar-refractivity contribution in [3.63, 3.8) is 0 Å². The number of methoxy groups -OCH3 is 1. The number of aliphatic imine (C=N–C) groups is 1. The summed E-state index contributed by atoms with van der Waals surface area (Å²) in [5.74, 6) is 1.80. The van der Waals surface area contributed by atoms with Crippen LogP contribution in [0, 0.1) is 5.41 Å². The van der Waals surface area contributed by atoms with Crippen molar-refractivity contribution in [1.82, 2.24) is 5.01 Å². The van der Waals surface area contributed by atoms with E-state index in [0.717, 1.165) is 5.04 Å². The van der Waals surface area contributed by atoms with E-state index in [2.05, 4.69) is 26.0 Å². The average Bonchev–Trinajstić information content (AvgIpc) is 3.29. The maximum absolute atomic E-state index is 12.7. The standard InChI is InChI=1S/C25H25BrN4O5S/c1-4-21-29-30-23(27)16(24(31)28-25(30)36-21)12-15-13-17(26)22(20(14-15)33-5-2)35-11-10-34-19-9-7-6-8-18(19)32-3/h6-9,12-14,27H,4-5,10-11H2,1-3H3. The molecule has 0 fully saturated rings. The molecule has 0 spiro atoms. The number of rotatable bonds is 10. The quantitative estimate of drug-likeness (QED) is 0.302. The molecule has 0 bridgehead atoms. The predicted octanol–water partition coefficient (Wildman–Crippen LogP) is 5.34. The van der Waals surface area contributed by atoms with Crippen LogP contribution in [-0.4, -0.2) is 53.9 Å². The molecule has 0 saturated carbocycles. The van der Waals surface area contributed by atoms with Gasteiger partial charge in [-0.05, 0) is 76.9 Å². The SMILES string of the molecule is CCOc1cc(C=C2C(=N)N3N=C(CC)SC3=NC2=O)cc(Br)c1OCCOc1ccccc1OC. The van der Waals surface area contributed by atoms with E-state index in [1.165, 1.54) is 16.8 Å². The Labute approximate surface area is 221 Å². The smallest absolute Gasteiger partial charge is 0.283 e. The molecule has 0 aromatic heterocycles. The molecule has 1 amide bonds. The fraction of sp³-hybridized carbons (Fsp3) is 0.280. The third-order valence-electron chi connectivity index (χ3n) is 5.10. The van der Waals surface area contributed by atoms with Crippen LogP contribution in [0.5, 0.6) is 23.0 Å². The van der Waals surface area contributed by atoms with Crippen molar-refractivity contribution in [2.24, 2.45) is 10.1 Å². The summed E-state index contributed by atoms with van der Waals surface area (Å²) >= 11 is 4.86. The van der Waals surface area contributed by atoms with Crippen LogP contribution < -0.4 is 18.9 Å². The van der Waals surface area contributed by atoms with Gasteiger partial charge in [0.15, 0.2) is 28.8 Å². The highest BCUT2D eigenvalue weighted by Gasteiger charge is 2.35. The van der Waals surface area contributed by atoms with Crippen LogP contribution in [0.4, 0.5) is 0 Å². The summed E-state index contributed by atoms with van der Waals surface area (Å²) in [5, 5.41) is 15.5. The molecule has 0 atom stereocenters. The predicted molar refractivity (Wildman–Crippen MR) is 145 cm³/mol. The van der Waals surface area contributed by atoms with Crippen molar-refractivity contribution in [2.75, 3.05) is 26.9 Å². The molecule has 0 unspecified atom stereocenters. The van der Waals surface area contributed by atoms with Gasteiger partial charge in [-0.25, -0.2) is 0 Å². The number of amides is 1. The number of nitrogens with zero attached hydrogens (tertiary/aromatic N) is 3. The van der Waals surface area contributed by atoms with E-state index in [9.17, 15) is 4.79 Å². The van der Waals surface area contributed by atoms with Gasteiger partial charge in [-0.3, -0.25) is 10.2 Å². The first-order valence-electron chi connectivity index (χ1n) is 11.3. The molecule has 2 aromatic carbocycles. The van der Waals surface area contributed by atoms with Crippen LogP contribution in [0.1, 0.15) is 25.8 Å². The monoisotopic (exact) mass is 572 g/mol. The summed E-state index contributed by atoms with van der Waals surface area (Å²) in [6.45, 7) is 4.82. The van der Waals surface area contributed by atoms with Gasteiger partial charge >= 0.3 is 0 Å². The molecule has 188 valence electrons. The van der Waals surface area contributed by atoms with E-state index >= 15 is 0 Å². The molecule has 2 aliphatic rings. The molecule has 36 heavy (non-hydrogen) atoms. The van der Waals surface area contributed by atoms with E-state index in [-0.39, 0.29) is 18.0 Å².